The number of rotatable bonds is 19. The van der Waals surface area contributed by atoms with Crippen molar-refractivity contribution < 1.29 is 14.6 Å². The molecule has 4 heteroatoms. The molecule has 0 fully saturated rings. The highest BCUT2D eigenvalue weighted by atomic mass is 16.5. The topological polar surface area (TPSA) is 41.9 Å². The van der Waals surface area contributed by atoms with Crippen LogP contribution in [0.1, 0.15) is 153 Å². The molecule has 248 valence electrons. The zero-order valence-electron chi connectivity index (χ0n) is 29.6. The van der Waals surface area contributed by atoms with Crippen molar-refractivity contribution in [2.45, 2.75) is 163 Å². The van der Waals surface area contributed by atoms with Crippen molar-refractivity contribution in [1.82, 2.24) is 4.90 Å². The highest BCUT2D eigenvalue weighted by Crippen LogP contribution is 2.46. The van der Waals surface area contributed by atoms with Gasteiger partial charge in [0.1, 0.15) is 23.8 Å². The molecule has 0 bridgehead atoms. The van der Waals surface area contributed by atoms with E-state index in [1.807, 2.05) is 0 Å². The lowest BCUT2D eigenvalue weighted by atomic mass is 9.84. The molecule has 0 aromatic heterocycles. The van der Waals surface area contributed by atoms with E-state index in [1.165, 1.54) is 90.3 Å². The average molecular weight is 608 g/mol. The average Bonchev–Trinajstić information content (AvgIpc) is 2.98. The predicted octanol–water partition coefficient (Wildman–Crippen LogP) is 10.9. The fourth-order valence-corrected chi connectivity index (χ4v) is 6.73. The lowest BCUT2D eigenvalue weighted by Crippen LogP contribution is -2.39. The lowest BCUT2D eigenvalue weighted by Gasteiger charge is -2.40. The number of allylic oxidation sites excluding steroid dienone is 6. The fourth-order valence-electron chi connectivity index (χ4n) is 6.73. The quantitative estimate of drug-likeness (QED) is 0.125. The molecule has 0 saturated heterocycles. The molecule has 3 rings (SSSR count). The molecular weight excluding hydrogens is 542 g/mol. The molecule has 0 saturated carbocycles. The first-order valence-electron chi connectivity index (χ1n) is 17.9. The van der Waals surface area contributed by atoms with E-state index >= 15 is 0 Å². The van der Waals surface area contributed by atoms with Crippen LogP contribution in [0.15, 0.2) is 34.9 Å². The SMILES string of the molecule is CC(C)=CCC/C(C)=C/CC/C(C)=C/CC[C@]1(C)CCc2c3c(c(C)c(C)c2O1)OCN(CCCCCCCCCCO)C3. The number of unbranched alkanes of at least 4 members (excludes halogenated alkanes) is 7. The number of ether oxygens (including phenoxy) is 2. The third-order valence-electron chi connectivity index (χ3n) is 9.85. The van der Waals surface area contributed by atoms with E-state index in [0.29, 0.717) is 13.3 Å². The number of hydrogen-bond donors (Lipinski definition) is 1. The van der Waals surface area contributed by atoms with Gasteiger partial charge in [0.15, 0.2) is 0 Å². The van der Waals surface area contributed by atoms with Gasteiger partial charge in [-0.05, 0) is 124 Å². The third kappa shape index (κ3) is 11.7. The van der Waals surface area contributed by atoms with Crippen LogP contribution < -0.4 is 9.47 Å². The number of aliphatic hydroxyl groups is 1. The second-order valence-corrected chi connectivity index (χ2v) is 14.3. The summed E-state index contributed by atoms with van der Waals surface area (Å²) in [7, 11) is 0. The maximum absolute atomic E-state index is 8.92. The molecule has 1 aromatic carbocycles. The highest BCUT2D eigenvalue weighted by Gasteiger charge is 2.36. The molecular formula is C40H65NO3. The normalized spacial score (nSPS) is 18.8. The van der Waals surface area contributed by atoms with Gasteiger partial charge in [0, 0.05) is 30.8 Å². The van der Waals surface area contributed by atoms with Gasteiger partial charge in [-0.3, -0.25) is 4.90 Å². The van der Waals surface area contributed by atoms with E-state index < -0.39 is 0 Å². The molecule has 1 N–H and O–H groups in total. The number of benzene rings is 1. The van der Waals surface area contributed by atoms with E-state index in [4.69, 9.17) is 14.6 Å². The first-order valence-corrected chi connectivity index (χ1v) is 17.9. The van der Waals surface area contributed by atoms with Gasteiger partial charge < -0.3 is 14.6 Å². The van der Waals surface area contributed by atoms with Crippen LogP contribution in [0.4, 0.5) is 0 Å². The van der Waals surface area contributed by atoms with Crippen LogP contribution in [0, 0.1) is 13.8 Å². The van der Waals surface area contributed by atoms with Crippen LogP contribution in [-0.2, 0) is 13.0 Å². The summed E-state index contributed by atoms with van der Waals surface area (Å²) in [5, 5.41) is 8.92. The molecule has 4 nitrogen and oxygen atoms in total. The van der Waals surface area contributed by atoms with Gasteiger partial charge in [-0.1, -0.05) is 73.5 Å². The van der Waals surface area contributed by atoms with Crippen molar-refractivity contribution in [3.05, 3.63) is 57.2 Å². The van der Waals surface area contributed by atoms with Crippen molar-refractivity contribution in [3.8, 4) is 11.5 Å². The van der Waals surface area contributed by atoms with Crippen LogP contribution in [-0.4, -0.2) is 35.5 Å². The standard InChI is InChI=1S/C40H65NO3/c1-31(2)19-16-20-32(3)21-17-22-33(4)23-18-25-40(7)26-24-36-37-29-41(27-14-12-10-8-9-11-13-15-28-42)30-43-38(37)34(5)35(6)39(36)44-40/h19,21,23,42H,8-18,20,22,24-30H2,1-7H3/b32-21+,33-23+/t40-/m1/s1. The Morgan fingerprint density at radius 1 is 0.773 bits per heavy atom. The summed E-state index contributed by atoms with van der Waals surface area (Å²) in [6.45, 7) is 18.8. The molecule has 0 spiro atoms. The molecule has 1 atom stereocenters. The number of hydrogen-bond acceptors (Lipinski definition) is 4. The Balaban J connectivity index is 1.49. The molecule has 0 amide bonds. The Labute approximate surface area is 271 Å². The van der Waals surface area contributed by atoms with E-state index in [0.717, 1.165) is 76.0 Å². The van der Waals surface area contributed by atoms with Gasteiger partial charge in [0.25, 0.3) is 0 Å². The van der Waals surface area contributed by atoms with Crippen LogP contribution in [0.3, 0.4) is 0 Å². The van der Waals surface area contributed by atoms with Crippen LogP contribution in [0.25, 0.3) is 0 Å². The number of fused-ring (bicyclic) bond motifs is 3. The Morgan fingerprint density at radius 2 is 1.36 bits per heavy atom. The molecule has 1 aromatic rings. The molecule has 2 aliphatic rings. The Morgan fingerprint density at radius 3 is 2.02 bits per heavy atom. The lowest BCUT2D eigenvalue weighted by molar-refractivity contribution is 0.0521. The molecule has 0 radical (unpaired) electrons. The largest absolute Gasteiger partial charge is 0.487 e. The van der Waals surface area contributed by atoms with E-state index in [2.05, 4.69) is 71.6 Å². The molecule has 44 heavy (non-hydrogen) atoms. The van der Waals surface area contributed by atoms with E-state index in [-0.39, 0.29) is 5.60 Å². The van der Waals surface area contributed by atoms with Crippen molar-refractivity contribution >= 4 is 0 Å². The minimum Gasteiger partial charge on any atom is -0.487 e. The zero-order valence-corrected chi connectivity index (χ0v) is 29.6. The molecule has 0 unspecified atom stereocenters. The summed E-state index contributed by atoms with van der Waals surface area (Å²) >= 11 is 0. The number of nitrogens with zero attached hydrogens (tertiary/aromatic N) is 1. The summed E-state index contributed by atoms with van der Waals surface area (Å²) in [6.07, 6.45) is 25.9. The summed E-state index contributed by atoms with van der Waals surface area (Å²) in [5.41, 5.74) is 9.58. The van der Waals surface area contributed by atoms with Gasteiger partial charge in [-0.2, -0.15) is 0 Å². The Bertz CT molecular complexity index is 1130. The van der Waals surface area contributed by atoms with Crippen molar-refractivity contribution in [1.29, 1.82) is 0 Å². The van der Waals surface area contributed by atoms with Crippen LogP contribution in [0.2, 0.25) is 0 Å². The summed E-state index contributed by atoms with van der Waals surface area (Å²) in [5.74, 6) is 2.25. The van der Waals surface area contributed by atoms with Crippen LogP contribution >= 0.6 is 0 Å². The fraction of sp³-hybridized carbons (Fsp3) is 0.700. The zero-order chi connectivity index (χ0) is 32.0. The van der Waals surface area contributed by atoms with Gasteiger partial charge in [-0.15, -0.1) is 0 Å². The second-order valence-electron chi connectivity index (χ2n) is 14.3. The van der Waals surface area contributed by atoms with Crippen molar-refractivity contribution in [3.63, 3.8) is 0 Å². The maximum atomic E-state index is 8.92. The molecule has 2 aliphatic heterocycles. The third-order valence-corrected chi connectivity index (χ3v) is 9.85. The van der Waals surface area contributed by atoms with E-state index in [9.17, 15) is 0 Å². The first kappa shape index (κ1) is 36.4. The van der Waals surface area contributed by atoms with Crippen molar-refractivity contribution in [2.75, 3.05) is 19.9 Å². The minimum absolute atomic E-state index is 0.121. The van der Waals surface area contributed by atoms with Crippen molar-refractivity contribution in [2.24, 2.45) is 0 Å². The summed E-state index contributed by atoms with van der Waals surface area (Å²) in [6, 6.07) is 0. The second kappa shape index (κ2) is 18.8. The van der Waals surface area contributed by atoms with Gasteiger partial charge in [-0.25, -0.2) is 0 Å². The monoisotopic (exact) mass is 607 g/mol. The summed E-state index contributed by atoms with van der Waals surface area (Å²) in [4.78, 5) is 2.49. The summed E-state index contributed by atoms with van der Waals surface area (Å²) < 4.78 is 13.3. The molecule has 2 heterocycles. The Kier molecular flexibility index (Phi) is 15.6. The van der Waals surface area contributed by atoms with E-state index in [1.54, 1.807) is 0 Å². The highest BCUT2D eigenvalue weighted by molar-refractivity contribution is 5.60. The Hall–Kier alpha value is -2.04. The minimum atomic E-state index is -0.121. The van der Waals surface area contributed by atoms with Gasteiger partial charge >= 0.3 is 0 Å². The van der Waals surface area contributed by atoms with Gasteiger partial charge in [0.2, 0.25) is 0 Å². The first-order chi connectivity index (χ1) is 21.1. The smallest absolute Gasteiger partial charge is 0.142 e. The maximum Gasteiger partial charge on any atom is 0.142 e. The van der Waals surface area contributed by atoms with Crippen LogP contribution in [0.5, 0.6) is 11.5 Å². The predicted molar refractivity (Wildman–Crippen MR) is 188 cm³/mol. The number of aliphatic hydroxyl groups excluding tert-OH is 1. The molecule has 0 aliphatic carbocycles. The van der Waals surface area contributed by atoms with Gasteiger partial charge in [0.05, 0.1) is 0 Å².